The van der Waals surface area contributed by atoms with E-state index in [1.807, 2.05) is 11.9 Å². The number of carbonyl (C=O) groups excluding carboxylic acids is 1. The smallest absolute Gasteiger partial charge is 0.222 e. The Bertz CT molecular complexity index is 567. The molecule has 3 rings (SSSR count). The van der Waals surface area contributed by atoms with Crippen LogP contribution in [-0.4, -0.2) is 66.5 Å². The second-order valence-corrected chi connectivity index (χ2v) is 6.46. The van der Waals surface area contributed by atoms with Crippen LogP contribution in [0.4, 0.5) is 10.1 Å². The lowest BCUT2D eigenvalue weighted by Crippen LogP contribution is -2.61. The van der Waals surface area contributed by atoms with Crippen LogP contribution in [0.15, 0.2) is 18.5 Å². The number of rotatable bonds is 1. The standard InChI is InChI=1S/C16H23FN4O/c1-19-8-6-16(5-3-15(19)22)12-21(10-9-20(16)2)14-4-7-18-11-13(14)17/h4,7,11H,3,5-6,8-10,12H2,1-2H3/t16-/m0/s1. The van der Waals surface area contributed by atoms with Gasteiger partial charge in [0.05, 0.1) is 11.9 Å². The van der Waals surface area contributed by atoms with E-state index in [0.717, 1.165) is 39.0 Å². The summed E-state index contributed by atoms with van der Waals surface area (Å²) in [5.74, 6) is -0.0680. The van der Waals surface area contributed by atoms with Crippen LogP contribution in [0.3, 0.4) is 0 Å². The molecule has 5 nitrogen and oxygen atoms in total. The lowest BCUT2D eigenvalue weighted by atomic mass is 9.86. The van der Waals surface area contributed by atoms with Gasteiger partial charge in [0, 0.05) is 51.4 Å². The number of carbonyl (C=O) groups is 1. The normalized spacial score (nSPS) is 27.3. The molecule has 2 aliphatic rings. The Kier molecular flexibility index (Phi) is 4.04. The van der Waals surface area contributed by atoms with Gasteiger partial charge in [-0.05, 0) is 26.0 Å². The molecular formula is C16H23FN4O. The monoisotopic (exact) mass is 306 g/mol. The maximum Gasteiger partial charge on any atom is 0.222 e. The molecule has 1 amide bonds. The highest BCUT2D eigenvalue weighted by molar-refractivity contribution is 5.76. The van der Waals surface area contributed by atoms with Crippen LogP contribution < -0.4 is 4.90 Å². The molecule has 1 aromatic rings. The summed E-state index contributed by atoms with van der Waals surface area (Å²) < 4.78 is 14.1. The molecular weight excluding hydrogens is 283 g/mol. The highest BCUT2D eigenvalue weighted by atomic mass is 19.1. The molecule has 6 heteroatoms. The number of hydrogen-bond acceptors (Lipinski definition) is 4. The maximum absolute atomic E-state index is 14.1. The zero-order chi connectivity index (χ0) is 15.7. The van der Waals surface area contributed by atoms with Gasteiger partial charge in [-0.3, -0.25) is 14.7 Å². The van der Waals surface area contributed by atoms with Crippen LogP contribution in [-0.2, 0) is 4.79 Å². The van der Waals surface area contributed by atoms with Crippen LogP contribution in [0.25, 0.3) is 0 Å². The second-order valence-electron chi connectivity index (χ2n) is 6.46. The van der Waals surface area contributed by atoms with Gasteiger partial charge in [-0.15, -0.1) is 0 Å². The summed E-state index contributed by atoms with van der Waals surface area (Å²) in [6.45, 7) is 3.18. The minimum absolute atomic E-state index is 0.0611. The molecule has 2 fully saturated rings. The molecule has 3 heterocycles. The zero-order valence-electron chi connectivity index (χ0n) is 13.3. The van der Waals surface area contributed by atoms with Crippen LogP contribution in [0.1, 0.15) is 19.3 Å². The molecule has 0 bridgehead atoms. The van der Waals surface area contributed by atoms with E-state index in [4.69, 9.17) is 0 Å². The number of amides is 1. The Morgan fingerprint density at radius 2 is 2.05 bits per heavy atom. The molecule has 0 saturated carbocycles. The number of nitrogens with zero attached hydrogens (tertiary/aromatic N) is 4. The van der Waals surface area contributed by atoms with E-state index in [2.05, 4.69) is 21.8 Å². The van der Waals surface area contributed by atoms with Crippen LogP contribution >= 0.6 is 0 Å². The van der Waals surface area contributed by atoms with Crippen molar-refractivity contribution in [1.82, 2.24) is 14.8 Å². The van der Waals surface area contributed by atoms with Gasteiger partial charge in [0.15, 0.2) is 5.82 Å². The number of likely N-dealkylation sites (tertiary alicyclic amines) is 1. The summed E-state index contributed by atoms with van der Waals surface area (Å²) in [5, 5.41) is 0. The number of halogens is 1. The summed E-state index contributed by atoms with van der Waals surface area (Å²) in [4.78, 5) is 22.1. The van der Waals surface area contributed by atoms with Crippen molar-refractivity contribution in [3.05, 3.63) is 24.3 Å². The van der Waals surface area contributed by atoms with Crippen molar-refractivity contribution < 1.29 is 9.18 Å². The fourth-order valence-corrected chi connectivity index (χ4v) is 3.59. The Morgan fingerprint density at radius 1 is 1.23 bits per heavy atom. The van der Waals surface area contributed by atoms with Crippen molar-refractivity contribution in [2.45, 2.75) is 24.8 Å². The van der Waals surface area contributed by atoms with Gasteiger partial charge in [0.2, 0.25) is 5.91 Å². The minimum atomic E-state index is -0.274. The first-order valence-corrected chi connectivity index (χ1v) is 7.81. The molecule has 1 atom stereocenters. The number of piperazine rings is 1. The van der Waals surface area contributed by atoms with Gasteiger partial charge in [0.25, 0.3) is 0 Å². The van der Waals surface area contributed by atoms with E-state index >= 15 is 0 Å². The van der Waals surface area contributed by atoms with E-state index in [-0.39, 0.29) is 17.3 Å². The second kappa shape index (κ2) is 5.83. The maximum atomic E-state index is 14.1. The summed E-state index contributed by atoms with van der Waals surface area (Å²) in [7, 11) is 3.99. The van der Waals surface area contributed by atoms with Crippen molar-refractivity contribution in [3.8, 4) is 0 Å². The number of pyridine rings is 1. The summed E-state index contributed by atoms with van der Waals surface area (Å²) in [5.41, 5.74) is 0.556. The molecule has 0 aliphatic carbocycles. The Labute approximate surface area is 130 Å². The number of anilines is 1. The first-order valence-electron chi connectivity index (χ1n) is 7.81. The molecule has 2 saturated heterocycles. The van der Waals surface area contributed by atoms with E-state index in [9.17, 15) is 9.18 Å². The molecule has 120 valence electrons. The van der Waals surface area contributed by atoms with Gasteiger partial charge in [-0.25, -0.2) is 4.39 Å². The largest absolute Gasteiger partial charge is 0.366 e. The van der Waals surface area contributed by atoms with Crippen LogP contribution in [0.5, 0.6) is 0 Å². The van der Waals surface area contributed by atoms with Crippen molar-refractivity contribution >= 4 is 11.6 Å². The SMILES string of the molecule is CN1CC[C@@]2(CCC1=O)CN(c1ccncc1F)CCN2C. The summed E-state index contributed by atoms with van der Waals surface area (Å²) in [6.07, 6.45) is 5.22. The molecule has 0 unspecified atom stereocenters. The minimum Gasteiger partial charge on any atom is -0.366 e. The van der Waals surface area contributed by atoms with Gasteiger partial charge in [-0.2, -0.15) is 0 Å². The number of aromatic nitrogens is 1. The first kappa shape index (κ1) is 15.2. The molecule has 2 aliphatic heterocycles. The summed E-state index contributed by atoms with van der Waals surface area (Å²) >= 11 is 0. The first-order chi connectivity index (χ1) is 10.5. The molecule has 1 aromatic heterocycles. The average molecular weight is 306 g/mol. The van der Waals surface area contributed by atoms with E-state index in [1.54, 1.807) is 12.3 Å². The number of likely N-dealkylation sites (N-methyl/N-ethyl adjacent to an activating group) is 1. The lowest BCUT2D eigenvalue weighted by Gasteiger charge is -2.50. The highest BCUT2D eigenvalue weighted by Crippen LogP contribution is 2.34. The molecule has 0 radical (unpaired) electrons. The Morgan fingerprint density at radius 3 is 2.82 bits per heavy atom. The third kappa shape index (κ3) is 2.67. The fraction of sp³-hybridized carbons (Fsp3) is 0.625. The third-order valence-electron chi connectivity index (χ3n) is 5.23. The van der Waals surface area contributed by atoms with Crippen molar-refractivity contribution in [3.63, 3.8) is 0 Å². The molecule has 1 spiro atoms. The topological polar surface area (TPSA) is 39.7 Å². The molecule has 0 aromatic carbocycles. The van der Waals surface area contributed by atoms with Crippen molar-refractivity contribution in [1.29, 1.82) is 0 Å². The van der Waals surface area contributed by atoms with E-state index in [1.165, 1.54) is 6.20 Å². The average Bonchev–Trinajstić information content (AvgIpc) is 2.65. The predicted octanol–water partition coefficient (Wildman–Crippen LogP) is 1.35. The Balaban J connectivity index is 1.85. The van der Waals surface area contributed by atoms with E-state index < -0.39 is 0 Å². The van der Waals surface area contributed by atoms with Gasteiger partial charge in [-0.1, -0.05) is 0 Å². The van der Waals surface area contributed by atoms with E-state index in [0.29, 0.717) is 12.1 Å². The quantitative estimate of drug-likeness (QED) is 0.785. The Hall–Kier alpha value is -1.69. The molecule has 0 N–H and O–H groups in total. The lowest BCUT2D eigenvalue weighted by molar-refractivity contribution is -0.129. The van der Waals surface area contributed by atoms with Crippen molar-refractivity contribution in [2.24, 2.45) is 0 Å². The van der Waals surface area contributed by atoms with Gasteiger partial charge >= 0.3 is 0 Å². The summed E-state index contributed by atoms with van der Waals surface area (Å²) in [6, 6.07) is 1.74. The fourth-order valence-electron chi connectivity index (χ4n) is 3.59. The van der Waals surface area contributed by atoms with Gasteiger partial charge in [0.1, 0.15) is 0 Å². The highest BCUT2D eigenvalue weighted by Gasteiger charge is 2.42. The van der Waals surface area contributed by atoms with Crippen LogP contribution in [0.2, 0.25) is 0 Å². The molecule has 22 heavy (non-hydrogen) atoms. The van der Waals surface area contributed by atoms with Crippen LogP contribution in [0, 0.1) is 5.82 Å². The van der Waals surface area contributed by atoms with Gasteiger partial charge < -0.3 is 9.80 Å². The number of hydrogen-bond donors (Lipinski definition) is 0. The third-order valence-corrected chi connectivity index (χ3v) is 5.23. The zero-order valence-corrected chi connectivity index (χ0v) is 13.3. The van der Waals surface area contributed by atoms with Crippen molar-refractivity contribution in [2.75, 3.05) is 45.2 Å². The predicted molar refractivity (Wildman–Crippen MR) is 83.3 cm³/mol.